The van der Waals surface area contributed by atoms with Crippen LogP contribution >= 0.6 is 0 Å². The molecule has 1 aromatic carbocycles. The van der Waals surface area contributed by atoms with Crippen molar-refractivity contribution in [1.82, 2.24) is 0 Å². The lowest BCUT2D eigenvalue weighted by Crippen LogP contribution is -2.07. The molecule has 1 rings (SSSR count). The fourth-order valence-corrected chi connectivity index (χ4v) is 1.38. The van der Waals surface area contributed by atoms with Crippen molar-refractivity contribution in [2.75, 3.05) is 13.7 Å². The van der Waals surface area contributed by atoms with E-state index in [0.717, 1.165) is 5.56 Å². The summed E-state index contributed by atoms with van der Waals surface area (Å²) < 4.78 is 4.81. The summed E-state index contributed by atoms with van der Waals surface area (Å²) in [6, 6.07) is 4.55. The molecule has 4 nitrogen and oxygen atoms in total. The lowest BCUT2D eigenvalue weighted by molar-refractivity contribution is 0.0697. The summed E-state index contributed by atoms with van der Waals surface area (Å²) in [5.74, 6) is -1.12. The van der Waals surface area contributed by atoms with Crippen LogP contribution in [0.25, 0.3) is 0 Å². The van der Waals surface area contributed by atoms with Crippen LogP contribution in [0.4, 0.5) is 0 Å². The Hall–Kier alpha value is -1.68. The lowest BCUT2D eigenvalue weighted by Gasteiger charge is -2.05. The quantitative estimate of drug-likeness (QED) is 0.773. The SMILES string of the molecule is COCCC(=O)c1cc(C(=O)O)ccc1C. The molecule has 0 fully saturated rings. The molecule has 0 radical (unpaired) electrons. The van der Waals surface area contributed by atoms with Crippen LogP contribution in [0.3, 0.4) is 0 Å². The summed E-state index contributed by atoms with van der Waals surface area (Å²) in [5.41, 5.74) is 1.37. The normalized spacial score (nSPS) is 10.1. The van der Waals surface area contributed by atoms with E-state index in [9.17, 15) is 9.59 Å². The summed E-state index contributed by atoms with van der Waals surface area (Å²) in [7, 11) is 1.52. The van der Waals surface area contributed by atoms with Gasteiger partial charge in [0.1, 0.15) is 0 Å². The Morgan fingerprint density at radius 2 is 2.06 bits per heavy atom. The number of ketones is 1. The van der Waals surface area contributed by atoms with Crippen molar-refractivity contribution in [1.29, 1.82) is 0 Å². The summed E-state index contributed by atoms with van der Waals surface area (Å²) in [6.07, 6.45) is 0.264. The molecule has 0 bridgehead atoms. The van der Waals surface area contributed by atoms with Gasteiger partial charge in [0.2, 0.25) is 0 Å². The number of Topliss-reactive ketones (excluding diaryl/α,β-unsaturated/α-hetero) is 1. The van der Waals surface area contributed by atoms with Crippen LogP contribution in [0.1, 0.15) is 32.7 Å². The zero-order valence-electron chi connectivity index (χ0n) is 9.32. The first kappa shape index (κ1) is 12.4. The number of carbonyl (C=O) groups is 2. The molecule has 0 spiro atoms. The van der Waals surface area contributed by atoms with Gasteiger partial charge in [0, 0.05) is 19.1 Å². The number of carboxylic acids is 1. The van der Waals surface area contributed by atoms with E-state index in [1.54, 1.807) is 13.0 Å². The van der Waals surface area contributed by atoms with Crippen LogP contribution in [0.15, 0.2) is 18.2 Å². The van der Waals surface area contributed by atoms with Crippen LogP contribution in [-0.2, 0) is 4.74 Å². The van der Waals surface area contributed by atoms with Gasteiger partial charge in [0.05, 0.1) is 12.2 Å². The van der Waals surface area contributed by atoms with Crippen molar-refractivity contribution in [2.24, 2.45) is 0 Å². The molecule has 0 aromatic heterocycles. The van der Waals surface area contributed by atoms with E-state index in [2.05, 4.69) is 0 Å². The van der Waals surface area contributed by atoms with Gasteiger partial charge in [0.15, 0.2) is 5.78 Å². The molecule has 0 amide bonds. The predicted octanol–water partition coefficient (Wildman–Crippen LogP) is 1.91. The summed E-state index contributed by atoms with van der Waals surface area (Å²) >= 11 is 0. The average molecular weight is 222 g/mol. The first-order valence-electron chi connectivity index (χ1n) is 4.92. The van der Waals surface area contributed by atoms with Gasteiger partial charge in [0.25, 0.3) is 0 Å². The predicted molar refractivity (Wildman–Crippen MR) is 59.0 cm³/mol. The minimum atomic E-state index is -1.03. The number of hydrogen-bond acceptors (Lipinski definition) is 3. The average Bonchev–Trinajstić information content (AvgIpc) is 2.26. The second-order valence-electron chi connectivity index (χ2n) is 3.50. The van der Waals surface area contributed by atoms with Gasteiger partial charge < -0.3 is 9.84 Å². The van der Waals surface area contributed by atoms with Crippen LogP contribution in [0.5, 0.6) is 0 Å². The number of carbonyl (C=O) groups excluding carboxylic acids is 1. The zero-order chi connectivity index (χ0) is 12.1. The molecule has 0 atom stereocenters. The van der Waals surface area contributed by atoms with Crippen LogP contribution in [0.2, 0.25) is 0 Å². The van der Waals surface area contributed by atoms with Crippen molar-refractivity contribution in [3.63, 3.8) is 0 Å². The number of ether oxygens (including phenoxy) is 1. The molecule has 1 N–H and O–H groups in total. The Morgan fingerprint density at radius 3 is 2.62 bits per heavy atom. The Labute approximate surface area is 93.9 Å². The minimum absolute atomic E-state index is 0.0950. The molecule has 16 heavy (non-hydrogen) atoms. The van der Waals surface area contributed by atoms with Crippen molar-refractivity contribution < 1.29 is 19.4 Å². The van der Waals surface area contributed by atoms with E-state index in [0.29, 0.717) is 12.2 Å². The first-order valence-corrected chi connectivity index (χ1v) is 4.92. The molecule has 0 aliphatic rings. The maximum Gasteiger partial charge on any atom is 0.335 e. The van der Waals surface area contributed by atoms with Crippen LogP contribution < -0.4 is 0 Å². The number of hydrogen-bond donors (Lipinski definition) is 1. The van der Waals surface area contributed by atoms with Crippen molar-refractivity contribution in [3.8, 4) is 0 Å². The molecule has 1 aromatic rings. The second kappa shape index (κ2) is 5.42. The zero-order valence-corrected chi connectivity index (χ0v) is 9.32. The van der Waals surface area contributed by atoms with Crippen LogP contribution in [0, 0.1) is 6.92 Å². The van der Waals surface area contributed by atoms with E-state index in [1.807, 2.05) is 0 Å². The van der Waals surface area contributed by atoms with E-state index in [-0.39, 0.29) is 17.8 Å². The number of carboxylic acid groups (broad SMARTS) is 1. The highest BCUT2D eigenvalue weighted by atomic mass is 16.5. The van der Waals surface area contributed by atoms with E-state index in [1.165, 1.54) is 19.2 Å². The molecule has 0 aliphatic carbocycles. The van der Waals surface area contributed by atoms with Gasteiger partial charge in [-0.1, -0.05) is 6.07 Å². The van der Waals surface area contributed by atoms with Gasteiger partial charge in [-0.25, -0.2) is 4.79 Å². The fraction of sp³-hybridized carbons (Fsp3) is 0.333. The third-order valence-corrected chi connectivity index (χ3v) is 2.32. The Kier molecular flexibility index (Phi) is 4.19. The molecule has 86 valence electrons. The Bertz CT molecular complexity index is 409. The maximum absolute atomic E-state index is 11.7. The van der Waals surface area contributed by atoms with Gasteiger partial charge in [-0.3, -0.25) is 4.79 Å². The second-order valence-corrected chi connectivity index (χ2v) is 3.50. The lowest BCUT2D eigenvalue weighted by atomic mass is 10.00. The topological polar surface area (TPSA) is 63.6 Å². The highest BCUT2D eigenvalue weighted by molar-refractivity contribution is 6.00. The van der Waals surface area contributed by atoms with E-state index < -0.39 is 5.97 Å². The molecule has 0 saturated heterocycles. The molecule has 0 aliphatic heterocycles. The summed E-state index contributed by atoms with van der Waals surface area (Å²) in [6.45, 7) is 2.13. The van der Waals surface area contributed by atoms with Crippen molar-refractivity contribution in [3.05, 3.63) is 34.9 Å². The van der Waals surface area contributed by atoms with Gasteiger partial charge >= 0.3 is 5.97 Å². The highest BCUT2D eigenvalue weighted by Gasteiger charge is 2.12. The number of rotatable bonds is 5. The maximum atomic E-state index is 11.7. The third kappa shape index (κ3) is 2.90. The minimum Gasteiger partial charge on any atom is -0.478 e. The molecule has 4 heteroatoms. The largest absolute Gasteiger partial charge is 0.478 e. The standard InChI is InChI=1S/C12H14O4/c1-8-3-4-9(12(14)15)7-10(8)11(13)5-6-16-2/h3-4,7H,5-6H2,1-2H3,(H,14,15). The van der Waals surface area contributed by atoms with E-state index >= 15 is 0 Å². The third-order valence-electron chi connectivity index (χ3n) is 2.32. The number of methoxy groups -OCH3 is 1. The molecule has 0 unspecified atom stereocenters. The Balaban J connectivity index is 2.97. The number of aryl methyl sites for hydroxylation is 1. The van der Waals surface area contributed by atoms with Crippen molar-refractivity contribution >= 4 is 11.8 Å². The molecule has 0 saturated carbocycles. The van der Waals surface area contributed by atoms with Gasteiger partial charge in [-0.05, 0) is 24.6 Å². The first-order chi connectivity index (χ1) is 7.56. The van der Waals surface area contributed by atoms with Gasteiger partial charge in [-0.15, -0.1) is 0 Å². The molecule has 0 heterocycles. The monoisotopic (exact) mass is 222 g/mol. The summed E-state index contributed by atoms with van der Waals surface area (Å²) in [5, 5.41) is 8.82. The summed E-state index contributed by atoms with van der Waals surface area (Å²) in [4.78, 5) is 22.5. The smallest absolute Gasteiger partial charge is 0.335 e. The fourth-order valence-electron chi connectivity index (χ4n) is 1.38. The number of aromatic carboxylic acids is 1. The molecular weight excluding hydrogens is 208 g/mol. The number of benzene rings is 1. The van der Waals surface area contributed by atoms with Crippen LogP contribution in [-0.4, -0.2) is 30.6 Å². The molecular formula is C12H14O4. The Morgan fingerprint density at radius 1 is 1.38 bits per heavy atom. The highest BCUT2D eigenvalue weighted by Crippen LogP contribution is 2.13. The van der Waals surface area contributed by atoms with Gasteiger partial charge in [-0.2, -0.15) is 0 Å². The van der Waals surface area contributed by atoms with E-state index in [4.69, 9.17) is 9.84 Å². The van der Waals surface area contributed by atoms with Crippen molar-refractivity contribution in [2.45, 2.75) is 13.3 Å².